The van der Waals surface area contributed by atoms with Crippen LogP contribution in [0.2, 0.25) is 0 Å². The van der Waals surface area contributed by atoms with Crippen molar-refractivity contribution in [3.8, 4) is 5.75 Å². The van der Waals surface area contributed by atoms with Gasteiger partial charge in [-0.3, -0.25) is 4.79 Å². The quantitative estimate of drug-likeness (QED) is 0.778. The van der Waals surface area contributed by atoms with Crippen LogP contribution in [0.4, 0.5) is 0 Å². The minimum atomic E-state index is -3.52. The highest BCUT2D eigenvalue weighted by Crippen LogP contribution is 2.31. The molecule has 4 rings (SSSR count). The zero-order valence-electron chi connectivity index (χ0n) is 16.4. The number of rotatable bonds is 4. The van der Waals surface area contributed by atoms with Crippen LogP contribution in [0.5, 0.6) is 5.75 Å². The van der Waals surface area contributed by atoms with Gasteiger partial charge in [0.2, 0.25) is 10.0 Å². The maximum atomic E-state index is 12.9. The SMILES string of the molecule is CC(C)(C)c1ccc(=O)n(CC2CN(S(=O)(=O)c3ccc4c(c3)CCO4)C2)n1. The third-order valence-electron chi connectivity index (χ3n) is 5.29. The van der Waals surface area contributed by atoms with Crippen LogP contribution >= 0.6 is 0 Å². The highest BCUT2D eigenvalue weighted by Gasteiger charge is 2.37. The number of fused-ring (bicyclic) bond motifs is 1. The van der Waals surface area contributed by atoms with Gasteiger partial charge in [0.05, 0.1) is 23.7 Å². The molecule has 0 bridgehead atoms. The molecule has 1 saturated heterocycles. The molecule has 1 aromatic heterocycles. The largest absolute Gasteiger partial charge is 0.493 e. The van der Waals surface area contributed by atoms with Crippen molar-refractivity contribution in [2.24, 2.45) is 5.92 Å². The van der Waals surface area contributed by atoms with Crippen molar-refractivity contribution in [3.63, 3.8) is 0 Å². The Labute approximate surface area is 165 Å². The second kappa shape index (κ2) is 6.70. The maximum Gasteiger partial charge on any atom is 0.266 e. The number of ether oxygens (including phenoxy) is 1. The normalized spacial score (nSPS) is 17.8. The van der Waals surface area contributed by atoms with Crippen molar-refractivity contribution in [2.45, 2.75) is 44.0 Å². The third kappa shape index (κ3) is 3.46. The van der Waals surface area contributed by atoms with Gasteiger partial charge in [-0.25, -0.2) is 13.1 Å². The Bertz CT molecular complexity index is 1060. The zero-order chi connectivity index (χ0) is 20.1. The first-order valence-corrected chi connectivity index (χ1v) is 10.9. The van der Waals surface area contributed by atoms with E-state index in [0.717, 1.165) is 23.4 Å². The lowest BCUT2D eigenvalue weighted by atomic mass is 9.92. The topological polar surface area (TPSA) is 81.5 Å². The van der Waals surface area contributed by atoms with Gasteiger partial charge >= 0.3 is 0 Å². The lowest BCUT2D eigenvalue weighted by molar-refractivity contribution is 0.172. The van der Waals surface area contributed by atoms with Gasteiger partial charge in [0.1, 0.15) is 5.75 Å². The lowest BCUT2D eigenvalue weighted by Crippen LogP contribution is -2.52. The van der Waals surface area contributed by atoms with Gasteiger partial charge in [-0.05, 0) is 29.8 Å². The Balaban J connectivity index is 1.45. The van der Waals surface area contributed by atoms with E-state index < -0.39 is 10.0 Å². The Morgan fingerprint density at radius 1 is 1.18 bits per heavy atom. The predicted molar refractivity (Wildman–Crippen MR) is 105 cm³/mol. The molecule has 2 aliphatic heterocycles. The number of hydrogen-bond acceptors (Lipinski definition) is 5. The fourth-order valence-electron chi connectivity index (χ4n) is 3.53. The van der Waals surface area contributed by atoms with Crippen LogP contribution in [0.1, 0.15) is 32.0 Å². The van der Waals surface area contributed by atoms with Crippen molar-refractivity contribution in [2.75, 3.05) is 19.7 Å². The first-order valence-electron chi connectivity index (χ1n) is 9.49. The molecule has 0 aliphatic carbocycles. The van der Waals surface area contributed by atoms with Crippen molar-refractivity contribution < 1.29 is 13.2 Å². The van der Waals surface area contributed by atoms with Crippen molar-refractivity contribution in [1.29, 1.82) is 0 Å². The van der Waals surface area contributed by atoms with Crippen molar-refractivity contribution in [3.05, 3.63) is 51.9 Å². The molecule has 7 nitrogen and oxygen atoms in total. The van der Waals surface area contributed by atoms with E-state index in [1.165, 1.54) is 15.1 Å². The van der Waals surface area contributed by atoms with Gasteiger partial charge in [-0.1, -0.05) is 20.8 Å². The van der Waals surface area contributed by atoms with Gasteiger partial charge < -0.3 is 4.74 Å². The summed E-state index contributed by atoms with van der Waals surface area (Å²) < 4.78 is 34.1. The van der Waals surface area contributed by atoms with E-state index in [4.69, 9.17) is 4.74 Å². The predicted octanol–water partition coefficient (Wildman–Crippen LogP) is 1.80. The Morgan fingerprint density at radius 2 is 1.93 bits per heavy atom. The Morgan fingerprint density at radius 3 is 2.64 bits per heavy atom. The molecule has 1 aromatic carbocycles. The molecule has 0 radical (unpaired) electrons. The van der Waals surface area contributed by atoms with Gasteiger partial charge in [0, 0.05) is 36.9 Å². The van der Waals surface area contributed by atoms with Gasteiger partial charge in [0.15, 0.2) is 0 Å². The van der Waals surface area contributed by atoms with Gasteiger partial charge in [-0.15, -0.1) is 0 Å². The summed E-state index contributed by atoms with van der Waals surface area (Å²) in [6.45, 7) is 7.94. The number of aromatic nitrogens is 2. The van der Waals surface area contributed by atoms with Crippen LogP contribution in [0.25, 0.3) is 0 Å². The minimum Gasteiger partial charge on any atom is -0.493 e. The molecular weight excluding hydrogens is 378 g/mol. The van der Waals surface area contributed by atoms with E-state index in [-0.39, 0.29) is 16.9 Å². The van der Waals surface area contributed by atoms with Crippen LogP contribution in [0.3, 0.4) is 0 Å². The molecule has 1 fully saturated rings. The summed E-state index contributed by atoms with van der Waals surface area (Å²) in [4.78, 5) is 12.4. The molecular formula is C20H25N3O4S. The lowest BCUT2D eigenvalue weighted by Gasteiger charge is -2.38. The highest BCUT2D eigenvalue weighted by molar-refractivity contribution is 7.89. The monoisotopic (exact) mass is 403 g/mol. The molecule has 0 atom stereocenters. The van der Waals surface area contributed by atoms with Crippen LogP contribution in [-0.2, 0) is 28.4 Å². The highest BCUT2D eigenvalue weighted by atomic mass is 32.2. The molecule has 2 aromatic rings. The van der Waals surface area contributed by atoms with Gasteiger partial charge in [0.25, 0.3) is 5.56 Å². The van der Waals surface area contributed by atoms with E-state index in [1.807, 2.05) is 20.8 Å². The minimum absolute atomic E-state index is 0.0768. The van der Waals surface area contributed by atoms with Crippen LogP contribution in [-0.4, -0.2) is 42.2 Å². The Kier molecular flexibility index (Phi) is 4.58. The summed E-state index contributed by atoms with van der Waals surface area (Å²) in [7, 11) is -3.52. The van der Waals surface area contributed by atoms with Crippen molar-refractivity contribution in [1.82, 2.24) is 14.1 Å². The maximum absolute atomic E-state index is 12.9. The van der Waals surface area contributed by atoms with Crippen LogP contribution in [0, 0.1) is 5.92 Å². The molecule has 28 heavy (non-hydrogen) atoms. The summed E-state index contributed by atoms with van der Waals surface area (Å²) >= 11 is 0. The standard InChI is InChI=1S/C20H25N3O4S/c1-20(2,3)18-6-7-19(24)23(21-18)13-14-11-22(12-14)28(25,26)16-4-5-17-15(10-16)8-9-27-17/h4-7,10,14H,8-9,11-13H2,1-3H3. The molecule has 3 heterocycles. The average molecular weight is 404 g/mol. The molecule has 2 aliphatic rings. The number of hydrogen-bond donors (Lipinski definition) is 0. The first-order chi connectivity index (χ1) is 13.1. The second-order valence-electron chi connectivity index (χ2n) is 8.54. The van der Waals surface area contributed by atoms with Crippen LogP contribution < -0.4 is 10.3 Å². The van der Waals surface area contributed by atoms with E-state index >= 15 is 0 Å². The summed E-state index contributed by atoms with van der Waals surface area (Å²) in [5.74, 6) is 0.845. The first kappa shape index (κ1) is 19.1. The number of benzene rings is 1. The van der Waals surface area contributed by atoms with E-state index in [2.05, 4.69) is 5.10 Å². The van der Waals surface area contributed by atoms with E-state index in [9.17, 15) is 13.2 Å². The summed E-state index contributed by atoms with van der Waals surface area (Å²) in [5.41, 5.74) is 1.47. The fourth-order valence-corrected chi connectivity index (χ4v) is 5.17. The summed E-state index contributed by atoms with van der Waals surface area (Å²) in [5, 5.41) is 4.47. The van der Waals surface area contributed by atoms with Crippen LogP contribution in [0.15, 0.2) is 40.0 Å². The average Bonchev–Trinajstić information content (AvgIpc) is 3.05. The Hall–Kier alpha value is -2.19. The number of nitrogens with zero attached hydrogens (tertiary/aromatic N) is 3. The summed E-state index contributed by atoms with van der Waals surface area (Å²) in [6.07, 6.45) is 0.736. The summed E-state index contributed by atoms with van der Waals surface area (Å²) in [6, 6.07) is 8.34. The molecule has 0 spiro atoms. The third-order valence-corrected chi connectivity index (χ3v) is 7.12. The molecule has 0 unspecified atom stereocenters. The molecule has 8 heteroatoms. The number of sulfonamides is 1. The molecule has 150 valence electrons. The van der Waals surface area contributed by atoms with Crippen molar-refractivity contribution >= 4 is 10.0 Å². The molecule has 0 saturated carbocycles. The fraction of sp³-hybridized carbons (Fsp3) is 0.500. The van der Waals surface area contributed by atoms with Gasteiger partial charge in [-0.2, -0.15) is 9.40 Å². The van der Waals surface area contributed by atoms with E-state index in [1.54, 1.807) is 24.3 Å². The van der Waals surface area contributed by atoms with E-state index in [0.29, 0.717) is 31.1 Å². The zero-order valence-corrected chi connectivity index (χ0v) is 17.2. The molecule has 0 N–H and O–H groups in total. The molecule has 0 amide bonds. The smallest absolute Gasteiger partial charge is 0.266 e. The second-order valence-corrected chi connectivity index (χ2v) is 10.5.